The van der Waals surface area contributed by atoms with Crippen molar-refractivity contribution in [3.8, 4) is 11.8 Å². The molecule has 2 heterocycles. The normalized spacial score (nSPS) is 11.5. The van der Waals surface area contributed by atoms with Gasteiger partial charge in [0.25, 0.3) is 5.56 Å². The van der Waals surface area contributed by atoms with Crippen molar-refractivity contribution in [3.63, 3.8) is 0 Å². The van der Waals surface area contributed by atoms with E-state index in [1.54, 1.807) is 14.0 Å². The number of pyridine rings is 1. The Morgan fingerprint density at radius 2 is 2.10 bits per heavy atom. The Morgan fingerprint density at radius 1 is 1.45 bits per heavy atom. The lowest BCUT2D eigenvalue weighted by atomic mass is 10.1. The van der Waals surface area contributed by atoms with Gasteiger partial charge in [-0.3, -0.25) is 4.79 Å². The zero-order chi connectivity index (χ0) is 15.1. The summed E-state index contributed by atoms with van der Waals surface area (Å²) < 4.78 is 1.36. The second-order valence-electron chi connectivity index (χ2n) is 4.87. The van der Waals surface area contributed by atoms with Crippen LogP contribution < -0.4 is 5.56 Å². The summed E-state index contributed by atoms with van der Waals surface area (Å²) in [5, 5.41) is 28.5. The van der Waals surface area contributed by atoms with Crippen LogP contribution in [0.3, 0.4) is 0 Å². The molecule has 0 aliphatic carbocycles. The van der Waals surface area contributed by atoms with Gasteiger partial charge in [-0.1, -0.05) is 5.92 Å². The van der Waals surface area contributed by atoms with Crippen molar-refractivity contribution in [3.05, 3.63) is 33.4 Å². The maximum absolute atomic E-state index is 12.1. The summed E-state index contributed by atoms with van der Waals surface area (Å²) in [4.78, 5) is 15.0. The summed E-state index contributed by atoms with van der Waals surface area (Å²) >= 11 is 0. The minimum absolute atomic E-state index is 0.232. The van der Waals surface area contributed by atoms with Crippen LogP contribution in [0.4, 0.5) is 0 Å². The largest absolute Gasteiger partial charge is 0.392 e. The van der Waals surface area contributed by atoms with Gasteiger partial charge in [0.05, 0.1) is 12.2 Å². The summed E-state index contributed by atoms with van der Waals surface area (Å²) in [5.41, 5.74) is 1.83. The van der Waals surface area contributed by atoms with Crippen molar-refractivity contribution in [1.82, 2.24) is 9.55 Å². The van der Waals surface area contributed by atoms with E-state index >= 15 is 0 Å². The van der Waals surface area contributed by atoms with Gasteiger partial charge in [-0.2, -0.15) is 0 Å². The van der Waals surface area contributed by atoms with Crippen LogP contribution in [0.15, 0.2) is 11.0 Å². The molecule has 2 rings (SSSR count). The average molecular weight is 276 g/mol. The molecule has 0 radical (unpaired) electrons. The Hall–Kier alpha value is -2.07. The summed E-state index contributed by atoms with van der Waals surface area (Å²) in [6.45, 7) is 2.67. The number of aliphatic hydroxyl groups is 3. The van der Waals surface area contributed by atoms with Crippen molar-refractivity contribution >= 4 is 10.9 Å². The molecule has 4 N–H and O–H groups in total. The topological polar surface area (TPSA) is 98.5 Å². The van der Waals surface area contributed by atoms with Crippen LogP contribution in [0.25, 0.3) is 10.9 Å². The van der Waals surface area contributed by atoms with E-state index in [4.69, 9.17) is 0 Å². The smallest absolute Gasteiger partial charge is 0.274 e. The number of aryl methyl sites for hydroxylation is 2. The fourth-order valence-electron chi connectivity index (χ4n) is 2.09. The highest BCUT2D eigenvalue weighted by Crippen LogP contribution is 2.23. The van der Waals surface area contributed by atoms with Gasteiger partial charge in [0.15, 0.2) is 0 Å². The molecule has 0 unspecified atom stereocenters. The zero-order valence-corrected chi connectivity index (χ0v) is 11.5. The number of hydrogen-bond donors (Lipinski definition) is 4. The number of aliphatic hydroxyl groups excluding tert-OH is 1. The molecule has 0 fully saturated rings. The second-order valence-corrected chi connectivity index (χ2v) is 4.87. The van der Waals surface area contributed by atoms with E-state index in [0.29, 0.717) is 27.7 Å². The molecule has 0 atom stereocenters. The van der Waals surface area contributed by atoms with Gasteiger partial charge in [0, 0.05) is 36.8 Å². The number of aromatic amines is 1. The Bertz CT molecular complexity index is 782. The number of nitrogens with zero attached hydrogens (tertiary/aromatic N) is 1. The third-order valence-electron chi connectivity index (χ3n) is 3.04. The van der Waals surface area contributed by atoms with Crippen molar-refractivity contribution in [2.45, 2.75) is 26.2 Å². The first-order valence-corrected chi connectivity index (χ1v) is 6.04. The highest BCUT2D eigenvalue weighted by molar-refractivity contribution is 5.89. The summed E-state index contributed by atoms with van der Waals surface area (Å²) in [5.74, 6) is 2.81. The van der Waals surface area contributed by atoms with Crippen molar-refractivity contribution in [2.24, 2.45) is 7.05 Å². The molecule has 0 amide bonds. The predicted octanol–water partition coefficient (Wildman–Crippen LogP) is -0.280. The SMILES string of the molecule is Cc1[nH]c2c(=O)n(C)cc(C#CC(C)(O)O)c2c1CO. The van der Waals surface area contributed by atoms with Crippen LogP contribution in [-0.2, 0) is 13.7 Å². The number of aromatic nitrogens is 2. The molecule has 20 heavy (non-hydrogen) atoms. The van der Waals surface area contributed by atoms with Crippen molar-refractivity contribution in [2.75, 3.05) is 0 Å². The van der Waals surface area contributed by atoms with Gasteiger partial charge in [-0.15, -0.1) is 0 Å². The second kappa shape index (κ2) is 4.80. The van der Waals surface area contributed by atoms with Crippen molar-refractivity contribution in [1.29, 1.82) is 0 Å². The Kier molecular flexibility index (Phi) is 3.44. The lowest BCUT2D eigenvalue weighted by Gasteiger charge is -2.06. The quantitative estimate of drug-likeness (QED) is 0.425. The van der Waals surface area contributed by atoms with Crippen LogP contribution in [0.5, 0.6) is 0 Å². The number of rotatable bonds is 1. The molecular formula is C14H16N2O4. The number of nitrogens with one attached hydrogen (secondary N) is 1. The lowest BCUT2D eigenvalue weighted by molar-refractivity contribution is -0.0915. The molecule has 2 aromatic heterocycles. The third kappa shape index (κ3) is 2.47. The van der Waals surface area contributed by atoms with Crippen LogP contribution in [0, 0.1) is 18.8 Å². The summed E-state index contributed by atoms with van der Waals surface area (Å²) in [6.07, 6.45) is 1.51. The van der Waals surface area contributed by atoms with Gasteiger partial charge < -0.3 is 24.9 Å². The van der Waals surface area contributed by atoms with Crippen LogP contribution >= 0.6 is 0 Å². The first-order valence-electron chi connectivity index (χ1n) is 6.04. The van der Waals surface area contributed by atoms with Crippen LogP contribution in [0.2, 0.25) is 0 Å². The summed E-state index contributed by atoms with van der Waals surface area (Å²) in [6, 6.07) is 0. The molecule has 106 valence electrons. The van der Waals surface area contributed by atoms with E-state index < -0.39 is 5.79 Å². The molecule has 6 nitrogen and oxygen atoms in total. The molecule has 2 aromatic rings. The molecule has 0 bridgehead atoms. The lowest BCUT2D eigenvalue weighted by Crippen LogP contribution is -2.20. The highest BCUT2D eigenvalue weighted by Gasteiger charge is 2.16. The fraction of sp³-hybridized carbons (Fsp3) is 0.357. The van der Waals surface area contributed by atoms with Gasteiger partial charge in [-0.25, -0.2) is 0 Å². The zero-order valence-electron chi connectivity index (χ0n) is 11.5. The van der Waals surface area contributed by atoms with Gasteiger partial charge in [-0.05, 0) is 12.8 Å². The van der Waals surface area contributed by atoms with E-state index in [2.05, 4.69) is 16.8 Å². The first-order chi connectivity index (χ1) is 9.24. The molecule has 0 spiro atoms. The maximum atomic E-state index is 12.1. The Morgan fingerprint density at radius 3 is 2.65 bits per heavy atom. The first kappa shape index (κ1) is 14.3. The minimum atomic E-state index is -2.12. The van der Waals surface area contributed by atoms with E-state index in [1.807, 2.05) is 0 Å². The Labute approximate surface area is 115 Å². The molecule has 0 saturated carbocycles. The number of hydrogen-bond acceptors (Lipinski definition) is 4. The minimum Gasteiger partial charge on any atom is -0.392 e. The average Bonchev–Trinajstić information content (AvgIpc) is 2.68. The van der Waals surface area contributed by atoms with E-state index in [1.165, 1.54) is 10.8 Å². The van der Waals surface area contributed by atoms with E-state index in [-0.39, 0.29) is 12.2 Å². The van der Waals surface area contributed by atoms with E-state index in [9.17, 15) is 20.1 Å². The molecule has 0 saturated heterocycles. The van der Waals surface area contributed by atoms with Gasteiger partial charge in [0.2, 0.25) is 5.79 Å². The monoisotopic (exact) mass is 276 g/mol. The van der Waals surface area contributed by atoms with Crippen LogP contribution in [-0.4, -0.2) is 30.7 Å². The summed E-state index contributed by atoms with van der Waals surface area (Å²) in [7, 11) is 1.58. The Balaban J connectivity index is 2.86. The molecule has 6 heteroatoms. The van der Waals surface area contributed by atoms with Gasteiger partial charge in [0.1, 0.15) is 5.52 Å². The highest BCUT2D eigenvalue weighted by atomic mass is 16.5. The standard InChI is InChI=1S/C14H16N2O4/c1-8-10(7-17)11-9(4-5-14(2,19)20)6-16(3)13(18)12(11)15-8/h6,15,17,19-20H,7H2,1-3H3. The van der Waals surface area contributed by atoms with E-state index in [0.717, 1.165) is 6.92 Å². The van der Waals surface area contributed by atoms with Crippen molar-refractivity contribution < 1.29 is 15.3 Å². The predicted molar refractivity (Wildman–Crippen MR) is 73.9 cm³/mol. The molecule has 0 aromatic carbocycles. The fourth-order valence-corrected chi connectivity index (χ4v) is 2.09. The van der Waals surface area contributed by atoms with Crippen LogP contribution in [0.1, 0.15) is 23.7 Å². The van der Waals surface area contributed by atoms with Gasteiger partial charge >= 0.3 is 0 Å². The third-order valence-corrected chi connectivity index (χ3v) is 3.04. The molecule has 0 aliphatic rings. The molecular weight excluding hydrogens is 260 g/mol. The molecule has 0 aliphatic heterocycles. The number of fused-ring (bicyclic) bond motifs is 1. The maximum Gasteiger partial charge on any atom is 0.274 e. The number of H-pyrrole nitrogens is 1.